The monoisotopic (exact) mass is 387 g/mol. The third-order valence-electron chi connectivity index (χ3n) is 4.53. The number of hydrogen-bond donors (Lipinski definition) is 1. The van der Waals surface area contributed by atoms with Crippen molar-refractivity contribution >= 4 is 5.84 Å². The molecule has 7 nitrogen and oxygen atoms in total. The Bertz CT molecular complexity index is 1060. The highest BCUT2D eigenvalue weighted by molar-refractivity contribution is 5.87. The van der Waals surface area contributed by atoms with Crippen LogP contribution in [-0.4, -0.2) is 49.7 Å². The summed E-state index contributed by atoms with van der Waals surface area (Å²) >= 11 is 0. The zero-order chi connectivity index (χ0) is 20.2. The van der Waals surface area contributed by atoms with Gasteiger partial charge in [0.05, 0.1) is 18.2 Å². The fourth-order valence-electron chi connectivity index (χ4n) is 3.22. The molecular formula is C22H21N5O2. The van der Waals surface area contributed by atoms with Crippen molar-refractivity contribution < 1.29 is 9.63 Å². The van der Waals surface area contributed by atoms with Gasteiger partial charge in [0.2, 0.25) is 0 Å². The van der Waals surface area contributed by atoms with Gasteiger partial charge < -0.3 is 14.5 Å². The van der Waals surface area contributed by atoms with E-state index in [9.17, 15) is 5.11 Å². The number of hydrogen-bond acceptors (Lipinski definition) is 7. The molecule has 4 rings (SSSR count). The lowest BCUT2D eigenvalue weighted by molar-refractivity contribution is 0.240. The standard InChI is InChI=1S/C22H21N5O2/c1-15-12-27(22(25-15)16(2)28)13-20-9-21(29-26-20)19-7-5-17(6-8-19)3-4-18-10-23-14-24-11-18/h5-11,14-16,28H,12-13H2,1-2H3/t15?,16-/m0/s1. The molecule has 3 aromatic rings. The Morgan fingerprint density at radius 1 is 1.17 bits per heavy atom. The molecule has 0 radical (unpaired) electrons. The van der Waals surface area contributed by atoms with Crippen LogP contribution in [0.2, 0.25) is 0 Å². The zero-order valence-corrected chi connectivity index (χ0v) is 16.3. The fourth-order valence-corrected chi connectivity index (χ4v) is 3.22. The minimum absolute atomic E-state index is 0.169. The van der Waals surface area contributed by atoms with Crippen LogP contribution in [0.1, 0.15) is 30.7 Å². The molecule has 2 aromatic heterocycles. The van der Waals surface area contributed by atoms with Gasteiger partial charge in [-0.1, -0.05) is 17.0 Å². The van der Waals surface area contributed by atoms with Gasteiger partial charge in [0, 0.05) is 36.1 Å². The maximum absolute atomic E-state index is 9.91. The van der Waals surface area contributed by atoms with Gasteiger partial charge in [-0.2, -0.15) is 0 Å². The second-order valence-electron chi connectivity index (χ2n) is 7.03. The van der Waals surface area contributed by atoms with Gasteiger partial charge in [0.15, 0.2) is 5.76 Å². The van der Waals surface area contributed by atoms with E-state index in [1.54, 1.807) is 19.3 Å². The number of aliphatic hydroxyl groups excluding tert-OH is 1. The highest BCUT2D eigenvalue weighted by Crippen LogP contribution is 2.22. The van der Waals surface area contributed by atoms with Gasteiger partial charge in [0.1, 0.15) is 24.0 Å². The summed E-state index contributed by atoms with van der Waals surface area (Å²) in [7, 11) is 0. The van der Waals surface area contributed by atoms with Crippen LogP contribution >= 0.6 is 0 Å². The summed E-state index contributed by atoms with van der Waals surface area (Å²) in [5.74, 6) is 7.52. The lowest BCUT2D eigenvalue weighted by Gasteiger charge is -2.20. The summed E-state index contributed by atoms with van der Waals surface area (Å²) in [6.07, 6.45) is 4.24. The van der Waals surface area contributed by atoms with Crippen LogP contribution in [0.25, 0.3) is 11.3 Å². The summed E-state index contributed by atoms with van der Waals surface area (Å²) in [4.78, 5) is 14.4. The van der Waals surface area contributed by atoms with Gasteiger partial charge in [-0.25, -0.2) is 9.97 Å². The molecule has 0 amide bonds. The summed E-state index contributed by atoms with van der Waals surface area (Å²) in [5, 5.41) is 14.1. The van der Waals surface area contributed by atoms with Crippen LogP contribution in [0.4, 0.5) is 0 Å². The summed E-state index contributed by atoms with van der Waals surface area (Å²) in [6, 6.07) is 9.88. The molecule has 0 spiro atoms. The number of aliphatic hydroxyl groups is 1. The van der Waals surface area contributed by atoms with Gasteiger partial charge in [-0.05, 0) is 38.1 Å². The molecule has 0 fully saturated rings. The lowest BCUT2D eigenvalue weighted by atomic mass is 10.1. The van der Waals surface area contributed by atoms with Crippen molar-refractivity contribution in [3.05, 3.63) is 65.9 Å². The second kappa shape index (κ2) is 8.25. The molecule has 7 heteroatoms. The molecule has 1 aliphatic rings. The van der Waals surface area contributed by atoms with Gasteiger partial charge in [0.25, 0.3) is 0 Å². The van der Waals surface area contributed by atoms with Crippen molar-refractivity contribution in [1.82, 2.24) is 20.0 Å². The Kier molecular flexibility index (Phi) is 5.36. The first kappa shape index (κ1) is 18.8. The van der Waals surface area contributed by atoms with E-state index >= 15 is 0 Å². The summed E-state index contributed by atoms with van der Waals surface area (Å²) < 4.78 is 5.52. The van der Waals surface area contributed by atoms with E-state index in [1.807, 2.05) is 42.2 Å². The van der Waals surface area contributed by atoms with Crippen LogP contribution in [0, 0.1) is 11.8 Å². The van der Waals surface area contributed by atoms with Crippen molar-refractivity contribution in [2.24, 2.45) is 4.99 Å². The zero-order valence-electron chi connectivity index (χ0n) is 16.3. The second-order valence-corrected chi connectivity index (χ2v) is 7.03. The highest BCUT2D eigenvalue weighted by Gasteiger charge is 2.26. The van der Waals surface area contributed by atoms with E-state index in [0.717, 1.165) is 28.9 Å². The molecule has 146 valence electrons. The van der Waals surface area contributed by atoms with Crippen LogP contribution in [0.3, 0.4) is 0 Å². The highest BCUT2D eigenvalue weighted by atomic mass is 16.5. The van der Waals surface area contributed by atoms with Crippen molar-refractivity contribution in [1.29, 1.82) is 0 Å². The van der Waals surface area contributed by atoms with E-state index in [1.165, 1.54) is 6.33 Å². The number of aromatic nitrogens is 3. The summed E-state index contributed by atoms with van der Waals surface area (Å²) in [5.41, 5.74) is 3.39. The van der Waals surface area contributed by atoms with E-state index in [0.29, 0.717) is 18.1 Å². The Balaban J connectivity index is 1.45. The lowest BCUT2D eigenvalue weighted by Crippen LogP contribution is -2.34. The molecule has 1 N–H and O–H groups in total. The topological polar surface area (TPSA) is 87.6 Å². The van der Waals surface area contributed by atoms with E-state index in [4.69, 9.17) is 4.52 Å². The Morgan fingerprint density at radius 2 is 1.90 bits per heavy atom. The van der Waals surface area contributed by atoms with E-state index < -0.39 is 6.10 Å². The molecule has 1 aliphatic heterocycles. The number of amidine groups is 1. The third-order valence-corrected chi connectivity index (χ3v) is 4.53. The average molecular weight is 387 g/mol. The Morgan fingerprint density at radius 3 is 2.62 bits per heavy atom. The Hall–Kier alpha value is -3.50. The quantitative estimate of drug-likeness (QED) is 0.692. The van der Waals surface area contributed by atoms with Crippen LogP contribution in [0.5, 0.6) is 0 Å². The molecule has 0 bridgehead atoms. The first-order chi connectivity index (χ1) is 14.1. The largest absolute Gasteiger partial charge is 0.385 e. The number of rotatable bonds is 4. The minimum Gasteiger partial charge on any atom is -0.385 e. The van der Waals surface area contributed by atoms with E-state index in [-0.39, 0.29) is 6.04 Å². The molecule has 1 aromatic carbocycles. The number of nitrogens with zero attached hydrogens (tertiary/aromatic N) is 5. The van der Waals surface area contributed by atoms with Gasteiger partial charge in [-0.3, -0.25) is 4.99 Å². The smallest absolute Gasteiger partial charge is 0.167 e. The van der Waals surface area contributed by atoms with E-state index in [2.05, 4.69) is 32.0 Å². The maximum atomic E-state index is 9.91. The maximum Gasteiger partial charge on any atom is 0.167 e. The molecule has 3 heterocycles. The first-order valence-corrected chi connectivity index (χ1v) is 9.42. The normalized spacial score (nSPS) is 16.9. The first-order valence-electron chi connectivity index (χ1n) is 9.42. The molecule has 2 atom stereocenters. The predicted octanol–water partition coefficient (Wildman–Crippen LogP) is 2.51. The van der Waals surface area contributed by atoms with Gasteiger partial charge in [-0.15, -0.1) is 0 Å². The van der Waals surface area contributed by atoms with Crippen LogP contribution < -0.4 is 0 Å². The predicted molar refractivity (Wildman–Crippen MR) is 109 cm³/mol. The van der Waals surface area contributed by atoms with Crippen LogP contribution in [0.15, 0.2) is 58.6 Å². The average Bonchev–Trinajstić information content (AvgIpc) is 3.34. The van der Waals surface area contributed by atoms with Crippen molar-refractivity contribution in [2.45, 2.75) is 32.5 Å². The molecule has 0 saturated heterocycles. The summed E-state index contributed by atoms with van der Waals surface area (Å²) in [6.45, 7) is 5.09. The molecule has 1 unspecified atom stereocenters. The Labute approximate surface area is 169 Å². The molecule has 0 saturated carbocycles. The number of aliphatic imine (C=N–C) groups is 1. The van der Waals surface area contributed by atoms with Crippen molar-refractivity contribution in [3.8, 4) is 23.2 Å². The molecule has 0 aliphatic carbocycles. The number of benzene rings is 1. The van der Waals surface area contributed by atoms with Crippen LogP contribution in [-0.2, 0) is 6.54 Å². The SMILES string of the molecule is CC1CN(Cc2cc(-c3ccc(C#Cc4cncnc4)cc3)on2)C([C@H](C)O)=N1. The van der Waals surface area contributed by atoms with Crippen molar-refractivity contribution in [2.75, 3.05) is 6.54 Å². The van der Waals surface area contributed by atoms with Gasteiger partial charge >= 0.3 is 0 Å². The molecule has 29 heavy (non-hydrogen) atoms. The minimum atomic E-state index is -0.595. The molecular weight excluding hydrogens is 366 g/mol. The van der Waals surface area contributed by atoms with Crippen molar-refractivity contribution in [3.63, 3.8) is 0 Å². The fraction of sp³-hybridized carbons (Fsp3) is 0.273. The third kappa shape index (κ3) is 4.50.